The molecule has 4 bridgehead atoms. The summed E-state index contributed by atoms with van der Waals surface area (Å²) in [5.41, 5.74) is 2.24. The minimum absolute atomic E-state index is 0. The zero-order valence-corrected chi connectivity index (χ0v) is 32.2. The van der Waals surface area contributed by atoms with E-state index >= 15 is 0 Å². The Hall–Kier alpha value is 1.17. The number of nitrogens with zero attached hydrogens (tertiary/aromatic N) is 2. The second-order valence-corrected chi connectivity index (χ2v) is 34.3. The van der Waals surface area contributed by atoms with Gasteiger partial charge in [0.05, 0.1) is 53.4 Å². The first-order chi connectivity index (χ1) is 16.2. The minimum atomic E-state index is -3.06. The number of ketones is 2. The molecule has 4 aliphatic rings. The molecular weight excluding hydrogens is 804 g/mol. The Morgan fingerprint density at radius 2 is 0.872 bits per heavy atom. The van der Waals surface area contributed by atoms with Gasteiger partial charge in [-0.15, -0.1) is 0 Å². The molecule has 0 heterocycles. The summed E-state index contributed by atoms with van der Waals surface area (Å²) in [5.74, 6) is 1.76. The monoisotopic (exact) mass is 849 g/mol. The molecule has 0 aliphatic heterocycles. The van der Waals surface area contributed by atoms with Crippen LogP contribution >= 0.6 is 37.7 Å². The quantitative estimate of drug-likeness (QED) is 0.315. The molecule has 4 saturated carbocycles. The third-order valence-corrected chi connectivity index (χ3v) is 9.78. The first kappa shape index (κ1) is 40.2. The first-order valence-electron chi connectivity index (χ1n) is 12.8. The zero-order valence-electron chi connectivity index (χ0n) is 25.4. The topological polar surface area (TPSA) is 34.1 Å². The summed E-state index contributed by atoms with van der Waals surface area (Å²) in [5, 5.41) is 0. The number of hydrogen-bond acceptors (Lipinski definition) is 2. The standard InChI is InChI=1S/2C14H24NO.6ClH.Pt/c2*1-13(2)11-7-8-14(13,3)12(16)10(11)9-15(4,5)6;;;;;;;/h2*9,11H,7-8H2,1-6H3;6*1H;/q2*+1;;;;;;;+4/p-6/b2*10-9-;;;;;;;. The van der Waals surface area contributed by atoms with E-state index in [4.69, 9.17) is 37.7 Å². The molecule has 0 aromatic rings. The van der Waals surface area contributed by atoms with Crippen LogP contribution in [0.15, 0.2) is 23.5 Å². The first-order valence-corrected chi connectivity index (χ1v) is 24.1. The van der Waals surface area contributed by atoms with Crippen molar-refractivity contribution in [2.24, 2.45) is 33.5 Å². The number of carbonyl (C=O) groups excluding carboxylic acids is 2. The third-order valence-electron chi connectivity index (χ3n) is 9.78. The van der Waals surface area contributed by atoms with Crippen LogP contribution in [-0.2, 0) is 21.5 Å². The molecule has 39 heavy (non-hydrogen) atoms. The molecule has 0 aromatic heterocycles. The molecule has 0 radical (unpaired) electrons. The summed E-state index contributed by atoms with van der Waals surface area (Å²) >= 11 is -3.06. The second-order valence-electron chi connectivity index (χ2n) is 14.6. The summed E-state index contributed by atoms with van der Waals surface area (Å²) in [6, 6.07) is 0. The van der Waals surface area contributed by atoms with Gasteiger partial charge >= 0.3 is 49.6 Å². The van der Waals surface area contributed by atoms with Gasteiger partial charge in [0.15, 0.2) is 11.6 Å². The Morgan fingerprint density at radius 1 is 0.641 bits per heavy atom. The van der Waals surface area contributed by atoms with Gasteiger partial charge in [0, 0.05) is 10.8 Å². The molecule has 4 atom stereocenters. The number of allylic oxidation sites excluding steroid dienone is 2. The predicted molar refractivity (Wildman–Crippen MR) is 155 cm³/mol. The van der Waals surface area contributed by atoms with Crippen molar-refractivity contribution >= 4 is 49.2 Å². The van der Waals surface area contributed by atoms with Crippen LogP contribution in [0.4, 0.5) is 0 Å². The van der Waals surface area contributed by atoms with E-state index in [0.29, 0.717) is 23.4 Å². The number of rotatable bonds is 2. The fraction of sp³-hybridized carbons (Fsp3) is 0.786. The van der Waals surface area contributed by atoms with E-state index in [9.17, 15) is 9.59 Å². The zero-order chi connectivity index (χ0) is 29.2. The van der Waals surface area contributed by atoms with Crippen LogP contribution in [0.2, 0.25) is 0 Å². The molecule has 0 aromatic carbocycles. The Bertz CT molecular complexity index is 927. The molecular formula is C28H48Cl6N2O2Pt. The average molecular weight is 853 g/mol. The van der Waals surface area contributed by atoms with E-state index in [2.05, 4.69) is 96.2 Å². The van der Waals surface area contributed by atoms with Crippen molar-refractivity contribution in [1.29, 1.82) is 0 Å². The van der Waals surface area contributed by atoms with Gasteiger partial charge in [0.1, 0.15) is 12.4 Å². The van der Waals surface area contributed by atoms with Crippen molar-refractivity contribution in [2.75, 3.05) is 42.3 Å². The molecule has 0 N–H and O–H groups in total. The third kappa shape index (κ3) is 8.21. The van der Waals surface area contributed by atoms with Crippen molar-refractivity contribution in [3.63, 3.8) is 0 Å². The number of quaternary nitrogens is 2. The van der Waals surface area contributed by atoms with Crippen molar-refractivity contribution < 1.29 is 55.3 Å². The Morgan fingerprint density at radius 3 is 1.03 bits per heavy atom. The molecule has 234 valence electrons. The molecule has 4 fully saturated rings. The van der Waals surface area contributed by atoms with Crippen molar-refractivity contribution in [3.8, 4) is 0 Å². The summed E-state index contributed by atoms with van der Waals surface area (Å²) in [4.78, 5) is 25.0. The number of halogens is 6. The Labute approximate surface area is 269 Å². The molecule has 4 aliphatic carbocycles. The van der Waals surface area contributed by atoms with Gasteiger partial charge in [-0.25, -0.2) is 0 Å². The predicted octanol–water partition coefficient (Wildman–Crippen LogP) is 1.97. The van der Waals surface area contributed by atoms with Crippen LogP contribution in [0.5, 0.6) is 0 Å². The molecule has 4 rings (SSSR count). The summed E-state index contributed by atoms with van der Waals surface area (Å²) < 4.78 is 1.48. The molecule has 0 saturated heterocycles. The van der Waals surface area contributed by atoms with Crippen molar-refractivity contribution in [2.45, 2.75) is 67.2 Å². The maximum absolute atomic E-state index is 12.5. The van der Waals surface area contributed by atoms with E-state index in [0.717, 1.165) is 33.0 Å². The van der Waals surface area contributed by atoms with E-state index < -0.39 is 11.9 Å². The second kappa shape index (κ2) is 12.6. The molecule has 0 spiro atoms. The van der Waals surface area contributed by atoms with Crippen LogP contribution in [0.1, 0.15) is 67.2 Å². The molecule has 4 unspecified atom stereocenters. The van der Waals surface area contributed by atoms with Crippen LogP contribution in [-0.4, -0.2) is 62.8 Å². The normalized spacial score (nSPS) is 34.6. The van der Waals surface area contributed by atoms with Crippen LogP contribution in [0.25, 0.3) is 0 Å². The molecule has 0 amide bonds. The van der Waals surface area contributed by atoms with Gasteiger partial charge in [-0.3, -0.25) is 9.59 Å². The number of hydrogen-bond donors (Lipinski definition) is 0. The SMILES string of the molecule is CC12CCC(/C(=C/[N+](C)(C)C)C1=O)C2(C)C.CC12CCC(/C(=C/[N+](C)(C)C)C1=O)C2(C)C.[Cl-].[Cl-].[Cl][Pt]([Cl])([Cl])[Cl]. The fourth-order valence-corrected chi connectivity index (χ4v) is 6.99. The fourth-order valence-electron chi connectivity index (χ4n) is 6.99. The van der Waals surface area contributed by atoms with Crippen molar-refractivity contribution in [1.82, 2.24) is 0 Å². The van der Waals surface area contributed by atoms with E-state index in [1.54, 1.807) is 0 Å². The number of Topliss-reactive ketones (excluding diaryl/α,β-unsaturated/α-hetero) is 2. The summed E-state index contributed by atoms with van der Waals surface area (Å²) in [6.45, 7) is 13.4. The van der Waals surface area contributed by atoms with Gasteiger partial charge < -0.3 is 33.8 Å². The Kier molecular flexibility index (Phi) is 13.0. The van der Waals surface area contributed by atoms with Gasteiger partial charge in [0.2, 0.25) is 0 Å². The van der Waals surface area contributed by atoms with E-state index in [1.165, 1.54) is 12.8 Å². The number of carbonyl (C=O) groups is 2. The van der Waals surface area contributed by atoms with Gasteiger partial charge in [-0.05, 0) is 48.3 Å². The van der Waals surface area contributed by atoms with Crippen LogP contribution in [0.3, 0.4) is 0 Å². The molecule has 4 nitrogen and oxygen atoms in total. The van der Waals surface area contributed by atoms with Crippen LogP contribution < -0.4 is 24.8 Å². The molecule has 11 heteroatoms. The Balaban J connectivity index is 0.000000606. The van der Waals surface area contributed by atoms with E-state index in [-0.39, 0.29) is 46.5 Å². The van der Waals surface area contributed by atoms with E-state index in [1.807, 2.05) is 0 Å². The van der Waals surface area contributed by atoms with Gasteiger partial charge in [-0.1, -0.05) is 41.5 Å². The van der Waals surface area contributed by atoms with Gasteiger partial charge in [-0.2, -0.15) is 0 Å². The van der Waals surface area contributed by atoms with Crippen molar-refractivity contribution in [3.05, 3.63) is 23.5 Å². The number of fused-ring (bicyclic) bond motifs is 4. The average Bonchev–Trinajstić information content (AvgIpc) is 3.13. The van der Waals surface area contributed by atoms with Gasteiger partial charge in [0.25, 0.3) is 0 Å². The summed E-state index contributed by atoms with van der Waals surface area (Å²) in [7, 11) is 32.7. The van der Waals surface area contributed by atoms with Crippen LogP contribution in [0, 0.1) is 33.5 Å². The maximum atomic E-state index is 12.5. The summed E-state index contributed by atoms with van der Waals surface area (Å²) in [6.07, 6.45) is 8.80.